The van der Waals surface area contributed by atoms with Crippen LogP contribution in [0.2, 0.25) is 5.02 Å². The summed E-state index contributed by atoms with van der Waals surface area (Å²) in [5.74, 6) is 0.0330. The molecule has 1 aliphatic heterocycles. The molecule has 0 aliphatic carbocycles. The lowest BCUT2D eigenvalue weighted by atomic mass is 10.2. The molecular formula is C24H19ClFN5O2. The summed E-state index contributed by atoms with van der Waals surface area (Å²) in [5, 5.41) is 0.340. The number of ether oxygens (including phenoxy) is 1. The van der Waals surface area contributed by atoms with E-state index in [-0.39, 0.29) is 16.7 Å². The highest BCUT2D eigenvalue weighted by atomic mass is 35.5. The minimum absolute atomic E-state index is 0.0168. The van der Waals surface area contributed by atoms with Crippen LogP contribution in [0.25, 0.3) is 38.9 Å². The molecule has 9 heteroatoms. The minimum atomic E-state index is -0.527. The van der Waals surface area contributed by atoms with E-state index in [4.69, 9.17) is 31.3 Å². The highest BCUT2D eigenvalue weighted by Crippen LogP contribution is 2.30. The van der Waals surface area contributed by atoms with E-state index in [2.05, 4.69) is 0 Å². The van der Waals surface area contributed by atoms with Crippen LogP contribution < -0.4 is 5.56 Å². The lowest BCUT2D eigenvalue weighted by Gasteiger charge is -2.14. The normalized spacial score (nSPS) is 16.4. The van der Waals surface area contributed by atoms with Gasteiger partial charge in [-0.2, -0.15) is 0 Å². The molecular weight excluding hydrogens is 445 g/mol. The molecule has 7 nitrogen and oxygen atoms in total. The average molecular weight is 464 g/mol. The van der Waals surface area contributed by atoms with E-state index >= 15 is 0 Å². The number of fused-ring (bicyclic) bond motifs is 4. The minimum Gasteiger partial charge on any atom is -0.376 e. The molecule has 0 radical (unpaired) electrons. The zero-order valence-corrected chi connectivity index (χ0v) is 18.5. The van der Waals surface area contributed by atoms with E-state index in [1.165, 1.54) is 12.1 Å². The third-order valence-corrected chi connectivity index (χ3v) is 6.41. The standard InChI is InChI=1S/C24H19ClFN5O2/c1-13-27-22-20(24(32)30(13)12-15-5-4-10-33-15)21-23(29-19-7-3-2-6-18(19)28-21)31(22)14-8-9-17(26)16(25)11-14/h2-3,6-9,11,15H,4-5,10,12H2,1H3. The molecule has 0 bridgehead atoms. The molecule has 33 heavy (non-hydrogen) atoms. The highest BCUT2D eigenvalue weighted by Gasteiger charge is 2.24. The second-order valence-corrected chi connectivity index (χ2v) is 8.63. The van der Waals surface area contributed by atoms with Gasteiger partial charge in [0.25, 0.3) is 5.56 Å². The van der Waals surface area contributed by atoms with Gasteiger partial charge in [-0.25, -0.2) is 19.3 Å². The van der Waals surface area contributed by atoms with Gasteiger partial charge in [0.1, 0.15) is 22.5 Å². The molecule has 2 aromatic carbocycles. The van der Waals surface area contributed by atoms with E-state index in [0.717, 1.165) is 12.8 Å². The quantitative estimate of drug-likeness (QED) is 0.392. The summed E-state index contributed by atoms with van der Waals surface area (Å²) < 4.78 is 23.0. The third-order valence-electron chi connectivity index (χ3n) is 6.13. The predicted octanol–water partition coefficient (Wildman–Crippen LogP) is 4.56. The Morgan fingerprint density at radius 2 is 1.91 bits per heavy atom. The molecule has 0 saturated carbocycles. The van der Waals surface area contributed by atoms with E-state index in [1.807, 2.05) is 24.3 Å². The van der Waals surface area contributed by atoms with Crippen molar-refractivity contribution in [2.24, 2.45) is 0 Å². The Balaban J connectivity index is 1.72. The van der Waals surface area contributed by atoms with Crippen LogP contribution in [-0.2, 0) is 11.3 Å². The van der Waals surface area contributed by atoms with Crippen LogP contribution >= 0.6 is 11.6 Å². The van der Waals surface area contributed by atoms with E-state index in [0.29, 0.717) is 57.9 Å². The summed E-state index contributed by atoms with van der Waals surface area (Å²) in [5.41, 5.74) is 3.02. The van der Waals surface area contributed by atoms with Crippen LogP contribution in [0, 0.1) is 12.7 Å². The molecule has 3 aromatic heterocycles. The number of nitrogens with zero attached hydrogens (tertiary/aromatic N) is 5. The summed E-state index contributed by atoms with van der Waals surface area (Å²) in [7, 11) is 0. The van der Waals surface area contributed by atoms with Crippen molar-refractivity contribution < 1.29 is 9.13 Å². The highest BCUT2D eigenvalue weighted by molar-refractivity contribution is 6.31. The van der Waals surface area contributed by atoms with E-state index in [9.17, 15) is 9.18 Å². The Labute approximate surface area is 192 Å². The Kier molecular flexibility index (Phi) is 4.67. The maximum Gasteiger partial charge on any atom is 0.265 e. The van der Waals surface area contributed by atoms with Gasteiger partial charge in [-0.3, -0.25) is 13.9 Å². The summed E-state index contributed by atoms with van der Waals surface area (Å²) in [6.07, 6.45) is 1.87. The first kappa shape index (κ1) is 20.3. The number of rotatable bonds is 3. The molecule has 6 rings (SSSR count). The second kappa shape index (κ2) is 7.60. The zero-order valence-electron chi connectivity index (χ0n) is 17.8. The predicted molar refractivity (Wildman–Crippen MR) is 125 cm³/mol. The maximum atomic E-state index is 13.9. The molecule has 0 spiro atoms. The smallest absolute Gasteiger partial charge is 0.265 e. The lowest BCUT2D eigenvalue weighted by Crippen LogP contribution is -2.29. The SMILES string of the molecule is Cc1nc2c(c(=O)n1CC1CCCO1)c1nc3ccccc3nc1n2-c1ccc(F)c(Cl)c1. The molecule has 1 aliphatic rings. The second-order valence-electron chi connectivity index (χ2n) is 8.23. The molecule has 1 atom stereocenters. The molecule has 4 heterocycles. The van der Waals surface area contributed by atoms with Gasteiger partial charge < -0.3 is 4.74 Å². The van der Waals surface area contributed by atoms with E-state index in [1.54, 1.807) is 22.1 Å². The monoisotopic (exact) mass is 463 g/mol. The maximum absolute atomic E-state index is 13.9. The largest absolute Gasteiger partial charge is 0.376 e. The summed E-state index contributed by atoms with van der Waals surface area (Å²) in [4.78, 5) is 28.1. The van der Waals surface area contributed by atoms with Gasteiger partial charge >= 0.3 is 0 Å². The van der Waals surface area contributed by atoms with Crippen LogP contribution in [0.1, 0.15) is 18.7 Å². The fraction of sp³-hybridized carbons (Fsp3) is 0.250. The lowest BCUT2D eigenvalue weighted by molar-refractivity contribution is 0.0955. The van der Waals surface area contributed by atoms with Crippen LogP contribution in [0.3, 0.4) is 0 Å². The number of aryl methyl sites for hydroxylation is 1. The molecule has 5 aromatic rings. The number of hydrogen-bond acceptors (Lipinski definition) is 5. The summed E-state index contributed by atoms with van der Waals surface area (Å²) >= 11 is 6.09. The van der Waals surface area contributed by atoms with Crippen LogP contribution in [0.5, 0.6) is 0 Å². The van der Waals surface area contributed by atoms with Gasteiger partial charge in [0, 0.05) is 6.61 Å². The molecule has 0 amide bonds. The van der Waals surface area contributed by atoms with Crippen molar-refractivity contribution in [1.82, 2.24) is 24.1 Å². The fourth-order valence-electron chi connectivity index (χ4n) is 4.51. The van der Waals surface area contributed by atoms with Crippen molar-refractivity contribution >= 4 is 44.8 Å². The molecule has 1 unspecified atom stereocenters. The molecule has 1 fully saturated rings. The number of hydrogen-bond donors (Lipinski definition) is 0. The Hall–Kier alpha value is -3.36. The van der Waals surface area contributed by atoms with Crippen LogP contribution in [-0.4, -0.2) is 36.8 Å². The van der Waals surface area contributed by atoms with Gasteiger partial charge in [0.2, 0.25) is 0 Å². The topological polar surface area (TPSA) is 74.8 Å². The first-order valence-corrected chi connectivity index (χ1v) is 11.1. The van der Waals surface area contributed by atoms with Gasteiger partial charge in [0.05, 0.1) is 34.4 Å². The summed E-state index contributed by atoms with van der Waals surface area (Å²) in [6.45, 7) is 2.94. The van der Waals surface area contributed by atoms with Gasteiger partial charge in [-0.1, -0.05) is 23.7 Å². The van der Waals surface area contributed by atoms with Crippen molar-refractivity contribution in [2.45, 2.75) is 32.4 Å². The van der Waals surface area contributed by atoms with Crippen molar-refractivity contribution in [1.29, 1.82) is 0 Å². The van der Waals surface area contributed by atoms with Crippen LogP contribution in [0.4, 0.5) is 4.39 Å². The number of para-hydroxylation sites is 2. The fourth-order valence-corrected chi connectivity index (χ4v) is 4.68. The number of aromatic nitrogens is 5. The van der Waals surface area contributed by atoms with Gasteiger partial charge in [0.15, 0.2) is 11.3 Å². The molecule has 166 valence electrons. The van der Waals surface area contributed by atoms with Gasteiger partial charge in [-0.15, -0.1) is 0 Å². The van der Waals surface area contributed by atoms with Crippen molar-refractivity contribution in [3.63, 3.8) is 0 Å². The first-order valence-electron chi connectivity index (χ1n) is 10.8. The average Bonchev–Trinajstić information content (AvgIpc) is 3.42. The zero-order chi connectivity index (χ0) is 22.7. The van der Waals surface area contributed by atoms with E-state index < -0.39 is 5.82 Å². The third kappa shape index (κ3) is 3.20. The molecule has 0 N–H and O–H groups in total. The first-order chi connectivity index (χ1) is 16.0. The van der Waals surface area contributed by atoms with Crippen molar-refractivity contribution in [3.05, 3.63) is 69.5 Å². The Bertz CT molecular complexity index is 1620. The van der Waals surface area contributed by atoms with Crippen molar-refractivity contribution in [2.75, 3.05) is 6.61 Å². The van der Waals surface area contributed by atoms with Gasteiger partial charge in [-0.05, 0) is 50.1 Å². The number of benzene rings is 2. The number of halogens is 2. The summed E-state index contributed by atoms with van der Waals surface area (Å²) in [6, 6.07) is 11.8. The Morgan fingerprint density at radius 1 is 1.12 bits per heavy atom. The van der Waals surface area contributed by atoms with Crippen LogP contribution in [0.15, 0.2) is 47.3 Å². The molecule has 1 saturated heterocycles. The van der Waals surface area contributed by atoms with Crippen molar-refractivity contribution in [3.8, 4) is 5.69 Å². The Morgan fingerprint density at radius 3 is 2.64 bits per heavy atom.